The molecule has 0 aliphatic heterocycles. The highest BCUT2D eigenvalue weighted by molar-refractivity contribution is 6.63. The SMILES string of the molecule is CCOC(=O)C(=NOCON=C(C(=O)OCC)C(=O)OCC)C(=O)OCC. The van der Waals surface area contributed by atoms with Crippen molar-refractivity contribution in [2.24, 2.45) is 10.3 Å². The van der Waals surface area contributed by atoms with Crippen molar-refractivity contribution in [1.29, 1.82) is 0 Å². The van der Waals surface area contributed by atoms with Crippen LogP contribution in [0.3, 0.4) is 0 Å². The molecule has 0 rings (SSSR count). The molecule has 0 fully saturated rings. The standard InChI is InChI=1S/C15H22N2O10/c1-5-22-12(18)10(13(19)23-6-2)16-26-9-27-17-11(14(20)24-7-3)15(21)25-8-4/h5-9H2,1-4H3. The average Bonchev–Trinajstić information content (AvgIpc) is 2.61. The number of esters is 4. The number of carbonyl (C=O) groups is 4. The highest BCUT2D eigenvalue weighted by Crippen LogP contribution is 1.96. The topological polar surface area (TPSA) is 148 Å². The first-order chi connectivity index (χ1) is 12.9. The molecule has 0 atom stereocenters. The number of oxime groups is 2. The Morgan fingerprint density at radius 3 is 1.04 bits per heavy atom. The van der Waals surface area contributed by atoms with Gasteiger partial charge in [0.05, 0.1) is 26.4 Å². The lowest BCUT2D eigenvalue weighted by molar-refractivity contribution is -0.142. The highest BCUT2D eigenvalue weighted by atomic mass is 16.8. The summed E-state index contributed by atoms with van der Waals surface area (Å²) < 4.78 is 18.6. The minimum absolute atomic E-state index is 0.000488. The van der Waals surface area contributed by atoms with Crippen LogP contribution in [0.1, 0.15) is 27.7 Å². The van der Waals surface area contributed by atoms with E-state index in [1.165, 1.54) is 27.7 Å². The summed E-state index contributed by atoms with van der Waals surface area (Å²) in [7, 11) is 0. The van der Waals surface area contributed by atoms with Gasteiger partial charge >= 0.3 is 23.9 Å². The molecule has 0 spiro atoms. The van der Waals surface area contributed by atoms with E-state index in [1.54, 1.807) is 0 Å². The van der Waals surface area contributed by atoms with Crippen LogP contribution in [0.15, 0.2) is 10.3 Å². The second kappa shape index (κ2) is 14.0. The van der Waals surface area contributed by atoms with Crippen LogP contribution in [0, 0.1) is 0 Å². The average molecular weight is 390 g/mol. The number of hydrogen-bond donors (Lipinski definition) is 0. The Balaban J connectivity index is 4.97. The first-order valence-electron chi connectivity index (χ1n) is 8.01. The third-order valence-electron chi connectivity index (χ3n) is 2.29. The number of nitrogens with zero attached hydrogens (tertiary/aromatic N) is 2. The molecule has 0 aromatic carbocycles. The summed E-state index contributed by atoms with van der Waals surface area (Å²) >= 11 is 0. The summed E-state index contributed by atoms with van der Waals surface area (Å²) in [5.41, 5.74) is -1.50. The van der Waals surface area contributed by atoms with Gasteiger partial charge in [0, 0.05) is 0 Å². The van der Waals surface area contributed by atoms with Crippen molar-refractivity contribution in [3.63, 3.8) is 0 Å². The van der Waals surface area contributed by atoms with Crippen molar-refractivity contribution in [1.82, 2.24) is 0 Å². The molecule has 0 heterocycles. The predicted octanol–water partition coefficient (Wildman–Crippen LogP) is -0.0585. The molecule has 0 aliphatic carbocycles. The molecule has 12 heteroatoms. The van der Waals surface area contributed by atoms with Crippen molar-refractivity contribution >= 4 is 35.3 Å². The summed E-state index contributed by atoms with van der Waals surface area (Å²) in [6, 6.07) is 0. The van der Waals surface area contributed by atoms with Crippen molar-refractivity contribution in [3.05, 3.63) is 0 Å². The number of ether oxygens (including phenoxy) is 4. The quantitative estimate of drug-likeness (QED) is 0.0843. The maximum absolute atomic E-state index is 11.6. The van der Waals surface area contributed by atoms with Gasteiger partial charge in [-0.15, -0.1) is 0 Å². The fourth-order valence-corrected chi connectivity index (χ4v) is 1.32. The van der Waals surface area contributed by atoms with Crippen LogP contribution in [0.25, 0.3) is 0 Å². The second-order valence-corrected chi connectivity index (χ2v) is 4.14. The first-order valence-corrected chi connectivity index (χ1v) is 8.01. The minimum Gasteiger partial charge on any atom is -0.461 e. The Kier molecular flexibility index (Phi) is 12.4. The molecule has 152 valence electrons. The Morgan fingerprint density at radius 2 is 0.815 bits per heavy atom. The molecule has 0 aromatic rings. The van der Waals surface area contributed by atoms with Crippen LogP contribution in [0.2, 0.25) is 0 Å². The van der Waals surface area contributed by atoms with Gasteiger partial charge in [-0.05, 0) is 27.7 Å². The van der Waals surface area contributed by atoms with Crippen molar-refractivity contribution in [2.75, 3.05) is 33.2 Å². The van der Waals surface area contributed by atoms with Crippen molar-refractivity contribution < 1.29 is 47.8 Å². The van der Waals surface area contributed by atoms with Crippen LogP contribution in [0.5, 0.6) is 0 Å². The van der Waals surface area contributed by atoms with Gasteiger partial charge < -0.3 is 28.6 Å². The third kappa shape index (κ3) is 9.18. The van der Waals surface area contributed by atoms with Crippen molar-refractivity contribution in [2.45, 2.75) is 27.7 Å². The summed E-state index contributed by atoms with van der Waals surface area (Å²) in [5.74, 6) is -4.23. The lowest BCUT2D eigenvalue weighted by Crippen LogP contribution is -2.29. The maximum Gasteiger partial charge on any atom is 0.368 e. The molecule has 0 saturated heterocycles. The zero-order chi connectivity index (χ0) is 20.7. The molecule has 0 saturated carbocycles. The molecule has 27 heavy (non-hydrogen) atoms. The van der Waals surface area contributed by atoms with E-state index >= 15 is 0 Å². The predicted molar refractivity (Wildman–Crippen MR) is 88.4 cm³/mol. The minimum atomic E-state index is -1.06. The zero-order valence-electron chi connectivity index (χ0n) is 15.5. The van der Waals surface area contributed by atoms with E-state index in [1.807, 2.05) is 0 Å². The Hall–Kier alpha value is -3.18. The lowest BCUT2D eigenvalue weighted by atomic mass is 10.4. The molecular formula is C15H22N2O10. The van der Waals surface area contributed by atoms with Crippen molar-refractivity contribution in [3.8, 4) is 0 Å². The third-order valence-corrected chi connectivity index (χ3v) is 2.29. The fraction of sp³-hybridized carbons (Fsp3) is 0.600. The van der Waals surface area contributed by atoms with E-state index in [2.05, 4.69) is 38.9 Å². The second-order valence-electron chi connectivity index (χ2n) is 4.14. The van der Waals surface area contributed by atoms with Gasteiger partial charge in [-0.1, -0.05) is 10.3 Å². The molecular weight excluding hydrogens is 368 g/mol. The van der Waals surface area contributed by atoms with E-state index in [0.717, 1.165) is 0 Å². The van der Waals surface area contributed by atoms with E-state index in [9.17, 15) is 19.2 Å². The van der Waals surface area contributed by atoms with Crippen LogP contribution in [0.4, 0.5) is 0 Å². The Morgan fingerprint density at radius 1 is 0.556 bits per heavy atom. The molecule has 0 aromatic heterocycles. The first kappa shape index (κ1) is 23.8. The fourth-order valence-electron chi connectivity index (χ4n) is 1.32. The van der Waals surface area contributed by atoms with Gasteiger partial charge in [0.15, 0.2) is 0 Å². The lowest BCUT2D eigenvalue weighted by Gasteiger charge is -2.06. The van der Waals surface area contributed by atoms with Gasteiger partial charge in [0.2, 0.25) is 0 Å². The van der Waals surface area contributed by atoms with Crippen LogP contribution in [-0.4, -0.2) is 68.5 Å². The normalized spacial score (nSPS) is 9.33. The van der Waals surface area contributed by atoms with Gasteiger partial charge in [0.25, 0.3) is 18.2 Å². The van der Waals surface area contributed by atoms with Crippen LogP contribution in [-0.2, 0) is 47.8 Å². The monoisotopic (exact) mass is 390 g/mol. The van der Waals surface area contributed by atoms with Gasteiger partial charge in [-0.3, -0.25) is 0 Å². The molecule has 0 bridgehead atoms. The Labute approximate surface area is 155 Å². The summed E-state index contributed by atoms with van der Waals surface area (Å²) in [6.45, 7) is 5.39. The van der Waals surface area contributed by atoms with E-state index in [0.29, 0.717) is 0 Å². The van der Waals surface area contributed by atoms with E-state index in [4.69, 9.17) is 0 Å². The van der Waals surface area contributed by atoms with Gasteiger partial charge in [-0.25, -0.2) is 19.2 Å². The van der Waals surface area contributed by atoms with E-state index < -0.39 is 42.1 Å². The molecule has 0 N–H and O–H groups in total. The summed E-state index contributed by atoms with van der Waals surface area (Å²) in [4.78, 5) is 55.7. The number of hydrogen-bond acceptors (Lipinski definition) is 12. The molecule has 12 nitrogen and oxygen atoms in total. The van der Waals surface area contributed by atoms with Gasteiger partial charge in [-0.2, -0.15) is 0 Å². The smallest absolute Gasteiger partial charge is 0.368 e. The molecule has 0 aliphatic rings. The number of carbonyl (C=O) groups excluding carboxylic acids is 4. The summed E-state index contributed by atoms with van der Waals surface area (Å²) in [5, 5.41) is 6.52. The van der Waals surface area contributed by atoms with Crippen LogP contribution >= 0.6 is 0 Å². The Bertz CT molecular complexity index is 495. The van der Waals surface area contributed by atoms with E-state index in [-0.39, 0.29) is 26.4 Å². The number of rotatable bonds is 12. The van der Waals surface area contributed by atoms with Gasteiger partial charge in [0.1, 0.15) is 0 Å². The zero-order valence-corrected chi connectivity index (χ0v) is 15.5. The largest absolute Gasteiger partial charge is 0.461 e. The molecule has 0 amide bonds. The van der Waals surface area contributed by atoms with Crippen LogP contribution < -0.4 is 0 Å². The molecule has 0 radical (unpaired) electrons. The highest BCUT2D eigenvalue weighted by Gasteiger charge is 2.26. The molecule has 0 unspecified atom stereocenters. The maximum atomic E-state index is 11.6. The summed E-state index contributed by atoms with van der Waals surface area (Å²) in [6.07, 6.45) is 0.